The van der Waals surface area contributed by atoms with Crippen molar-refractivity contribution in [3.05, 3.63) is 66.9 Å². The van der Waals surface area contributed by atoms with Gasteiger partial charge in [0.2, 0.25) is 0 Å². The SMILES string of the molecule is CCCCCCCCCCn1cc(N(c2ccccc2)c2ccccc2)nn1. The topological polar surface area (TPSA) is 34.0 Å². The van der Waals surface area contributed by atoms with E-state index in [9.17, 15) is 0 Å². The summed E-state index contributed by atoms with van der Waals surface area (Å²) in [7, 11) is 0. The second-order valence-corrected chi connectivity index (χ2v) is 7.32. The van der Waals surface area contributed by atoms with E-state index in [1.54, 1.807) is 0 Å². The van der Waals surface area contributed by atoms with Crippen LogP contribution in [0.1, 0.15) is 58.3 Å². The highest BCUT2D eigenvalue weighted by molar-refractivity contribution is 5.73. The van der Waals surface area contributed by atoms with Gasteiger partial charge >= 0.3 is 0 Å². The van der Waals surface area contributed by atoms with Crippen LogP contribution in [-0.2, 0) is 6.54 Å². The van der Waals surface area contributed by atoms with Crippen molar-refractivity contribution in [1.29, 1.82) is 0 Å². The minimum atomic E-state index is 0.858. The lowest BCUT2D eigenvalue weighted by molar-refractivity contribution is 0.511. The molecule has 0 unspecified atom stereocenters. The van der Waals surface area contributed by atoms with Gasteiger partial charge in [0.05, 0.1) is 6.20 Å². The summed E-state index contributed by atoms with van der Waals surface area (Å²) in [6.07, 6.45) is 12.6. The number of anilines is 3. The van der Waals surface area contributed by atoms with Gasteiger partial charge in [0.25, 0.3) is 0 Å². The minimum Gasteiger partial charge on any atom is -0.292 e. The first-order chi connectivity index (χ1) is 13.9. The molecule has 0 saturated heterocycles. The van der Waals surface area contributed by atoms with Crippen LogP contribution in [0.5, 0.6) is 0 Å². The van der Waals surface area contributed by atoms with Crippen molar-refractivity contribution in [2.45, 2.75) is 64.8 Å². The first-order valence-corrected chi connectivity index (χ1v) is 10.7. The lowest BCUT2D eigenvalue weighted by atomic mass is 10.1. The molecule has 0 aliphatic rings. The third kappa shape index (κ3) is 5.95. The second kappa shape index (κ2) is 11.3. The Morgan fingerprint density at radius 2 is 1.25 bits per heavy atom. The maximum atomic E-state index is 4.46. The molecule has 0 radical (unpaired) electrons. The molecule has 0 bridgehead atoms. The normalized spacial score (nSPS) is 10.9. The molecular weight excluding hydrogens is 344 g/mol. The average molecular weight is 377 g/mol. The van der Waals surface area contributed by atoms with E-state index >= 15 is 0 Å². The van der Waals surface area contributed by atoms with Crippen LogP contribution in [0.4, 0.5) is 17.2 Å². The number of nitrogens with zero attached hydrogens (tertiary/aromatic N) is 4. The van der Waals surface area contributed by atoms with E-state index < -0.39 is 0 Å². The number of aromatic nitrogens is 3. The number of aryl methyl sites for hydroxylation is 1. The first-order valence-electron chi connectivity index (χ1n) is 10.7. The molecule has 4 nitrogen and oxygen atoms in total. The fourth-order valence-corrected chi connectivity index (χ4v) is 3.48. The Morgan fingerprint density at radius 1 is 0.714 bits per heavy atom. The lowest BCUT2D eigenvalue weighted by Crippen LogP contribution is -2.10. The molecule has 1 heterocycles. The number of unbranched alkanes of at least 4 members (excludes halogenated alkanes) is 7. The van der Waals surface area contributed by atoms with Gasteiger partial charge in [-0.05, 0) is 30.7 Å². The fourth-order valence-electron chi connectivity index (χ4n) is 3.48. The monoisotopic (exact) mass is 376 g/mol. The molecule has 0 aliphatic heterocycles. The smallest absolute Gasteiger partial charge is 0.180 e. The summed E-state index contributed by atoms with van der Waals surface area (Å²) in [6.45, 7) is 3.20. The van der Waals surface area contributed by atoms with E-state index in [1.165, 1.54) is 44.9 Å². The molecular formula is C24H32N4. The lowest BCUT2D eigenvalue weighted by Gasteiger charge is -2.21. The van der Waals surface area contributed by atoms with Crippen molar-refractivity contribution in [2.75, 3.05) is 4.90 Å². The molecule has 0 N–H and O–H groups in total. The van der Waals surface area contributed by atoms with Gasteiger partial charge in [-0.2, -0.15) is 0 Å². The summed E-state index contributed by atoms with van der Waals surface area (Å²) < 4.78 is 1.98. The standard InChI is InChI=1S/C24H32N4/c1-2-3-4-5-6-7-8-15-20-27-21-24(25-26-27)28(22-16-11-9-12-17-22)23-18-13-10-14-19-23/h9-14,16-19,21H,2-8,15,20H2,1H3. The summed E-state index contributed by atoms with van der Waals surface area (Å²) in [4.78, 5) is 2.15. The number of hydrogen-bond acceptors (Lipinski definition) is 3. The Kier molecular flexibility index (Phi) is 8.10. The molecule has 4 heteroatoms. The first kappa shape index (κ1) is 20.1. The Morgan fingerprint density at radius 3 is 1.82 bits per heavy atom. The van der Waals surface area contributed by atoms with Crippen LogP contribution in [0.3, 0.4) is 0 Å². The number of rotatable bonds is 12. The van der Waals surface area contributed by atoms with E-state index in [-0.39, 0.29) is 0 Å². The van der Waals surface area contributed by atoms with E-state index in [1.807, 2.05) is 16.8 Å². The predicted octanol–water partition coefficient (Wildman–Crippen LogP) is 6.89. The van der Waals surface area contributed by atoms with Crippen molar-refractivity contribution < 1.29 is 0 Å². The van der Waals surface area contributed by atoms with Gasteiger partial charge < -0.3 is 0 Å². The van der Waals surface area contributed by atoms with E-state index in [2.05, 4.69) is 76.9 Å². The van der Waals surface area contributed by atoms with Crippen molar-refractivity contribution in [2.24, 2.45) is 0 Å². The summed E-state index contributed by atoms with van der Waals surface area (Å²) >= 11 is 0. The average Bonchev–Trinajstić information content (AvgIpc) is 3.20. The zero-order valence-electron chi connectivity index (χ0n) is 17.0. The highest BCUT2D eigenvalue weighted by Crippen LogP contribution is 2.32. The van der Waals surface area contributed by atoms with Crippen LogP contribution in [0.15, 0.2) is 66.9 Å². The summed E-state index contributed by atoms with van der Waals surface area (Å²) in [6, 6.07) is 20.7. The van der Waals surface area contributed by atoms with Crippen LogP contribution >= 0.6 is 0 Å². The highest BCUT2D eigenvalue weighted by atomic mass is 15.5. The highest BCUT2D eigenvalue weighted by Gasteiger charge is 2.15. The summed E-state index contributed by atoms with van der Waals surface area (Å²) in [5, 5.41) is 8.83. The van der Waals surface area contributed by atoms with Gasteiger partial charge in [0.1, 0.15) is 0 Å². The van der Waals surface area contributed by atoms with Crippen molar-refractivity contribution in [1.82, 2.24) is 15.0 Å². The molecule has 0 fully saturated rings. The zero-order valence-corrected chi connectivity index (χ0v) is 17.0. The van der Waals surface area contributed by atoms with Crippen molar-refractivity contribution in [3.63, 3.8) is 0 Å². The largest absolute Gasteiger partial charge is 0.292 e. The van der Waals surface area contributed by atoms with Gasteiger partial charge in [-0.1, -0.05) is 93.5 Å². The molecule has 0 saturated carbocycles. The van der Waals surface area contributed by atoms with Gasteiger partial charge in [0.15, 0.2) is 5.82 Å². The molecule has 0 spiro atoms. The molecule has 0 amide bonds. The fraction of sp³-hybridized carbons (Fsp3) is 0.417. The van der Waals surface area contributed by atoms with Gasteiger partial charge in [-0.25, -0.2) is 0 Å². The molecule has 3 rings (SSSR count). The third-order valence-electron chi connectivity index (χ3n) is 5.03. The molecule has 3 aromatic rings. The second-order valence-electron chi connectivity index (χ2n) is 7.32. The molecule has 1 aromatic heterocycles. The van der Waals surface area contributed by atoms with E-state index in [0.29, 0.717) is 0 Å². The Balaban J connectivity index is 1.57. The van der Waals surface area contributed by atoms with E-state index in [0.717, 1.165) is 30.2 Å². The number of para-hydroxylation sites is 2. The Labute approximate surface area is 169 Å². The Hall–Kier alpha value is -2.62. The van der Waals surface area contributed by atoms with Gasteiger partial charge in [0, 0.05) is 17.9 Å². The quantitative estimate of drug-likeness (QED) is 0.323. The molecule has 148 valence electrons. The molecule has 0 aliphatic carbocycles. The van der Waals surface area contributed by atoms with Gasteiger partial charge in [-0.3, -0.25) is 9.58 Å². The zero-order chi connectivity index (χ0) is 19.4. The van der Waals surface area contributed by atoms with Gasteiger partial charge in [-0.15, -0.1) is 5.10 Å². The molecule has 28 heavy (non-hydrogen) atoms. The van der Waals surface area contributed by atoms with Crippen molar-refractivity contribution in [3.8, 4) is 0 Å². The molecule has 0 atom stereocenters. The van der Waals surface area contributed by atoms with E-state index in [4.69, 9.17) is 0 Å². The van der Waals surface area contributed by atoms with Crippen LogP contribution in [0, 0.1) is 0 Å². The van der Waals surface area contributed by atoms with Crippen LogP contribution in [0.25, 0.3) is 0 Å². The number of benzene rings is 2. The third-order valence-corrected chi connectivity index (χ3v) is 5.03. The minimum absolute atomic E-state index is 0.858. The predicted molar refractivity (Wildman–Crippen MR) is 117 cm³/mol. The maximum absolute atomic E-state index is 4.46. The molecule has 2 aromatic carbocycles. The van der Waals surface area contributed by atoms with Crippen molar-refractivity contribution >= 4 is 17.2 Å². The Bertz CT molecular complexity index is 743. The maximum Gasteiger partial charge on any atom is 0.180 e. The number of hydrogen-bond donors (Lipinski definition) is 0. The summed E-state index contributed by atoms with van der Waals surface area (Å²) in [5.74, 6) is 0.858. The van der Waals surface area contributed by atoms with Crippen LogP contribution in [0.2, 0.25) is 0 Å². The van der Waals surface area contributed by atoms with Crippen LogP contribution in [-0.4, -0.2) is 15.0 Å². The van der Waals surface area contributed by atoms with Crippen LogP contribution < -0.4 is 4.90 Å². The summed E-state index contributed by atoms with van der Waals surface area (Å²) in [5.41, 5.74) is 2.18.